The van der Waals surface area contributed by atoms with E-state index in [1.165, 1.54) is 7.11 Å². The van der Waals surface area contributed by atoms with Crippen LogP contribution in [0.15, 0.2) is 18.2 Å². The van der Waals surface area contributed by atoms with Crippen molar-refractivity contribution in [2.45, 2.75) is 20.0 Å². The number of amides is 2. The molecule has 6 nitrogen and oxygen atoms in total. The van der Waals surface area contributed by atoms with Crippen LogP contribution in [-0.4, -0.2) is 61.2 Å². The number of hydrogen-bond acceptors (Lipinski definition) is 4. The van der Waals surface area contributed by atoms with E-state index in [0.717, 1.165) is 0 Å². The first-order valence-corrected chi connectivity index (χ1v) is 7.88. The second kappa shape index (κ2) is 7.55. The summed E-state index contributed by atoms with van der Waals surface area (Å²) in [5.74, 6) is 0.459. The molecule has 1 aromatic rings. The van der Waals surface area contributed by atoms with Gasteiger partial charge >= 0.3 is 6.09 Å². The second-order valence-electron chi connectivity index (χ2n) is 5.56. The highest BCUT2D eigenvalue weighted by Crippen LogP contribution is 2.27. The third kappa shape index (κ3) is 4.28. The molecule has 0 atom stereocenters. The monoisotopic (exact) mass is 340 g/mol. The normalized spacial score (nSPS) is 14.8. The lowest BCUT2D eigenvalue weighted by atomic mass is 10.1. The molecular weight excluding hydrogens is 320 g/mol. The number of hydrogen-bond donors (Lipinski definition) is 0. The molecule has 0 saturated carbocycles. The third-order valence-electron chi connectivity index (χ3n) is 3.54. The molecule has 0 aliphatic carbocycles. The van der Waals surface area contributed by atoms with Crippen molar-refractivity contribution in [2.24, 2.45) is 0 Å². The summed E-state index contributed by atoms with van der Waals surface area (Å²) in [6.45, 7) is 5.68. The Kier molecular flexibility index (Phi) is 5.71. The van der Waals surface area contributed by atoms with E-state index in [2.05, 4.69) is 4.74 Å². The average molecular weight is 341 g/mol. The number of piperazine rings is 1. The predicted octanol–water partition coefficient (Wildman–Crippen LogP) is 2.65. The van der Waals surface area contributed by atoms with Crippen molar-refractivity contribution in [3.8, 4) is 5.75 Å². The van der Waals surface area contributed by atoms with Crippen molar-refractivity contribution in [2.75, 3.05) is 33.3 Å². The van der Waals surface area contributed by atoms with Gasteiger partial charge in [-0.05, 0) is 32.0 Å². The Bertz CT molecular complexity index is 583. The van der Waals surface area contributed by atoms with Crippen LogP contribution in [0.2, 0.25) is 5.02 Å². The third-order valence-corrected chi connectivity index (χ3v) is 3.84. The van der Waals surface area contributed by atoms with Crippen LogP contribution in [0.25, 0.3) is 0 Å². The minimum absolute atomic E-state index is 0.0143. The van der Waals surface area contributed by atoms with E-state index in [-0.39, 0.29) is 18.1 Å². The van der Waals surface area contributed by atoms with E-state index in [9.17, 15) is 9.59 Å². The number of carbonyl (C=O) groups excluding carboxylic acids is 2. The molecular formula is C16H21ClN2O4. The van der Waals surface area contributed by atoms with Gasteiger partial charge in [-0.25, -0.2) is 4.79 Å². The van der Waals surface area contributed by atoms with Gasteiger partial charge in [-0.2, -0.15) is 0 Å². The van der Waals surface area contributed by atoms with Crippen molar-refractivity contribution in [1.82, 2.24) is 9.80 Å². The molecule has 23 heavy (non-hydrogen) atoms. The van der Waals surface area contributed by atoms with Crippen LogP contribution in [-0.2, 0) is 4.74 Å². The van der Waals surface area contributed by atoms with Gasteiger partial charge in [0.2, 0.25) is 0 Å². The Balaban J connectivity index is 2.01. The van der Waals surface area contributed by atoms with E-state index < -0.39 is 0 Å². The summed E-state index contributed by atoms with van der Waals surface area (Å²) in [5, 5.41) is 0.415. The molecule has 1 heterocycles. The van der Waals surface area contributed by atoms with E-state index in [1.54, 1.807) is 28.0 Å². The summed E-state index contributed by atoms with van der Waals surface area (Å²) in [6, 6.07) is 5.03. The fourth-order valence-corrected chi connectivity index (χ4v) is 2.61. The minimum Gasteiger partial charge on any atom is -0.489 e. The van der Waals surface area contributed by atoms with Gasteiger partial charge in [-0.15, -0.1) is 0 Å². The Morgan fingerprint density at radius 2 is 1.74 bits per heavy atom. The largest absolute Gasteiger partial charge is 0.489 e. The van der Waals surface area contributed by atoms with Gasteiger partial charge in [-0.3, -0.25) is 4.79 Å². The van der Waals surface area contributed by atoms with Crippen molar-refractivity contribution >= 4 is 23.6 Å². The Labute approximate surface area is 140 Å². The average Bonchev–Trinajstić information content (AvgIpc) is 2.55. The van der Waals surface area contributed by atoms with Gasteiger partial charge in [0, 0.05) is 31.7 Å². The van der Waals surface area contributed by atoms with Gasteiger partial charge in [0.25, 0.3) is 5.91 Å². The minimum atomic E-state index is -0.365. The lowest BCUT2D eigenvalue weighted by Crippen LogP contribution is -2.50. The fourth-order valence-electron chi connectivity index (χ4n) is 2.39. The van der Waals surface area contributed by atoms with Gasteiger partial charge in [0.15, 0.2) is 0 Å². The smallest absolute Gasteiger partial charge is 0.409 e. The summed E-state index contributed by atoms with van der Waals surface area (Å²) in [7, 11) is 1.35. The van der Waals surface area contributed by atoms with Crippen molar-refractivity contribution in [3.05, 3.63) is 28.8 Å². The lowest BCUT2D eigenvalue weighted by Gasteiger charge is -2.33. The number of nitrogens with zero attached hydrogens (tertiary/aromatic N) is 2. The summed E-state index contributed by atoms with van der Waals surface area (Å²) in [6.07, 6.45) is -0.351. The highest BCUT2D eigenvalue weighted by Gasteiger charge is 2.25. The molecule has 1 aliphatic rings. The van der Waals surface area contributed by atoms with Gasteiger partial charge in [0.05, 0.1) is 18.2 Å². The second-order valence-corrected chi connectivity index (χ2v) is 5.97. The lowest BCUT2D eigenvalue weighted by molar-refractivity contribution is 0.0599. The quantitative estimate of drug-likeness (QED) is 0.848. The van der Waals surface area contributed by atoms with Crippen LogP contribution in [0.4, 0.5) is 4.79 Å². The Hall–Kier alpha value is -1.95. The molecule has 7 heteroatoms. The van der Waals surface area contributed by atoms with Gasteiger partial charge in [-0.1, -0.05) is 11.6 Å². The first-order chi connectivity index (χ1) is 10.9. The highest BCUT2D eigenvalue weighted by molar-refractivity contribution is 6.32. The van der Waals surface area contributed by atoms with Crippen LogP contribution in [0.5, 0.6) is 5.75 Å². The van der Waals surface area contributed by atoms with Gasteiger partial charge < -0.3 is 19.3 Å². The number of benzene rings is 1. The number of methoxy groups -OCH3 is 1. The Morgan fingerprint density at radius 1 is 1.13 bits per heavy atom. The summed E-state index contributed by atoms with van der Waals surface area (Å²) >= 11 is 6.17. The molecule has 1 aromatic carbocycles. The fraction of sp³-hybridized carbons (Fsp3) is 0.500. The first kappa shape index (κ1) is 17.4. The molecule has 0 bridgehead atoms. The molecule has 0 radical (unpaired) electrons. The molecule has 2 amide bonds. The van der Waals surface area contributed by atoms with E-state index in [0.29, 0.717) is 42.5 Å². The number of carbonyl (C=O) groups is 2. The number of halogens is 1. The summed E-state index contributed by atoms with van der Waals surface area (Å²) in [5.41, 5.74) is 0.512. The maximum atomic E-state index is 12.5. The van der Waals surface area contributed by atoms with Crippen LogP contribution in [0.3, 0.4) is 0 Å². The first-order valence-electron chi connectivity index (χ1n) is 7.50. The maximum Gasteiger partial charge on any atom is 0.409 e. The van der Waals surface area contributed by atoms with E-state index >= 15 is 0 Å². The van der Waals surface area contributed by atoms with E-state index in [1.807, 2.05) is 13.8 Å². The van der Waals surface area contributed by atoms with Crippen molar-refractivity contribution < 1.29 is 19.1 Å². The SMILES string of the molecule is COC(=O)N1CCN(C(=O)c2ccc(OC(C)C)c(Cl)c2)CC1. The molecule has 0 unspecified atom stereocenters. The zero-order valence-electron chi connectivity index (χ0n) is 13.5. The molecule has 0 N–H and O–H groups in total. The van der Waals surface area contributed by atoms with Crippen molar-refractivity contribution in [1.29, 1.82) is 0 Å². The molecule has 0 aromatic heterocycles. The zero-order valence-corrected chi connectivity index (χ0v) is 14.3. The van der Waals surface area contributed by atoms with Crippen molar-refractivity contribution in [3.63, 3.8) is 0 Å². The van der Waals surface area contributed by atoms with Crippen LogP contribution in [0.1, 0.15) is 24.2 Å². The van der Waals surface area contributed by atoms with Crippen LogP contribution < -0.4 is 4.74 Å². The summed E-state index contributed by atoms with van der Waals surface area (Å²) < 4.78 is 10.2. The number of ether oxygens (including phenoxy) is 2. The molecule has 2 rings (SSSR count). The number of rotatable bonds is 3. The standard InChI is InChI=1S/C16H21ClN2O4/c1-11(2)23-14-5-4-12(10-13(14)17)15(20)18-6-8-19(9-7-18)16(21)22-3/h4-5,10-11H,6-9H2,1-3H3. The highest BCUT2D eigenvalue weighted by atomic mass is 35.5. The predicted molar refractivity (Wildman–Crippen MR) is 87.1 cm³/mol. The molecule has 1 saturated heterocycles. The topological polar surface area (TPSA) is 59.1 Å². The van der Waals surface area contributed by atoms with Gasteiger partial charge in [0.1, 0.15) is 5.75 Å². The van der Waals surface area contributed by atoms with Crippen LogP contribution >= 0.6 is 11.6 Å². The molecule has 1 aliphatic heterocycles. The zero-order chi connectivity index (χ0) is 17.0. The Morgan fingerprint density at radius 3 is 2.26 bits per heavy atom. The molecule has 1 fully saturated rings. The van der Waals surface area contributed by atoms with Crippen LogP contribution in [0, 0.1) is 0 Å². The molecule has 0 spiro atoms. The summed E-state index contributed by atoms with van der Waals surface area (Å²) in [4.78, 5) is 27.3. The molecule has 126 valence electrons. The van der Waals surface area contributed by atoms with E-state index in [4.69, 9.17) is 16.3 Å². The maximum absolute atomic E-state index is 12.5.